The lowest BCUT2D eigenvalue weighted by Gasteiger charge is -2.33. The number of hydrogen-bond donors (Lipinski definition) is 2. The van der Waals surface area contributed by atoms with Crippen molar-refractivity contribution in [3.05, 3.63) is 11.6 Å². The average molecular weight is 296 g/mol. The van der Waals surface area contributed by atoms with Gasteiger partial charge < -0.3 is 15.3 Å². The van der Waals surface area contributed by atoms with Gasteiger partial charge in [0.15, 0.2) is 0 Å². The summed E-state index contributed by atoms with van der Waals surface area (Å²) >= 11 is 0. The molecule has 0 aliphatic carbocycles. The highest BCUT2D eigenvalue weighted by molar-refractivity contribution is 5.82. The molecule has 0 aromatic heterocycles. The molecule has 0 spiro atoms. The smallest absolute Gasteiger partial charge is 0.326 e. The lowest BCUT2D eigenvalue weighted by molar-refractivity contribution is -0.139. The average Bonchev–Trinajstić information content (AvgIpc) is 2.36. The Morgan fingerprint density at radius 1 is 1.38 bits per heavy atom. The van der Waals surface area contributed by atoms with Crippen molar-refractivity contribution < 1.29 is 14.7 Å². The fourth-order valence-corrected chi connectivity index (χ4v) is 2.47. The predicted octanol–water partition coefficient (Wildman–Crippen LogP) is 2.87. The molecule has 1 rings (SSSR count). The number of carboxylic acids is 1. The molecule has 120 valence electrons. The minimum Gasteiger partial charge on any atom is -0.480 e. The summed E-state index contributed by atoms with van der Waals surface area (Å²) in [6.45, 7) is 11.6. The van der Waals surface area contributed by atoms with Gasteiger partial charge in [0.25, 0.3) is 0 Å². The molecule has 0 radical (unpaired) electrons. The highest BCUT2D eigenvalue weighted by atomic mass is 16.4. The number of aliphatic carboxylic acids is 1. The van der Waals surface area contributed by atoms with Crippen LogP contribution < -0.4 is 5.32 Å². The topological polar surface area (TPSA) is 69.6 Å². The van der Waals surface area contributed by atoms with Gasteiger partial charge in [-0.1, -0.05) is 46.3 Å². The van der Waals surface area contributed by atoms with Gasteiger partial charge in [0.1, 0.15) is 6.04 Å². The molecule has 0 bridgehead atoms. The van der Waals surface area contributed by atoms with Crippen molar-refractivity contribution in [3.8, 4) is 0 Å². The Bertz CT molecular complexity index is 422. The Kier molecular flexibility index (Phi) is 5.81. The van der Waals surface area contributed by atoms with Gasteiger partial charge >= 0.3 is 12.0 Å². The summed E-state index contributed by atoms with van der Waals surface area (Å²) < 4.78 is 0. The second kappa shape index (κ2) is 6.96. The Morgan fingerprint density at radius 2 is 2.00 bits per heavy atom. The van der Waals surface area contributed by atoms with Crippen LogP contribution in [0.15, 0.2) is 11.6 Å². The fourth-order valence-electron chi connectivity index (χ4n) is 2.47. The maximum absolute atomic E-state index is 12.2. The third kappa shape index (κ3) is 5.40. The number of amides is 2. The molecule has 1 atom stereocenters. The van der Waals surface area contributed by atoms with E-state index < -0.39 is 12.0 Å². The molecule has 21 heavy (non-hydrogen) atoms. The highest BCUT2D eigenvalue weighted by Gasteiger charge is 2.27. The van der Waals surface area contributed by atoms with Gasteiger partial charge in [0.2, 0.25) is 0 Å². The Morgan fingerprint density at radius 3 is 2.38 bits per heavy atom. The van der Waals surface area contributed by atoms with Crippen molar-refractivity contribution in [3.63, 3.8) is 0 Å². The van der Waals surface area contributed by atoms with Crippen LogP contribution >= 0.6 is 0 Å². The second-order valence-electron chi connectivity index (χ2n) is 7.15. The zero-order chi connectivity index (χ0) is 16.2. The van der Waals surface area contributed by atoms with Crippen LogP contribution in [-0.4, -0.2) is 41.1 Å². The standard InChI is InChI=1S/C16H28N2O3/c1-11(2)10-13(14(19)20)17-15(21)18-8-6-12(7-9-18)16(3,4)5/h6,11,13H,7-10H2,1-5H3,(H,17,21)(H,19,20)/t13-/m1/s1. The molecule has 0 aromatic rings. The van der Waals surface area contributed by atoms with Crippen molar-refractivity contribution in [2.45, 2.75) is 53.5 Å². The van der Waals surface area contributed by atoms with Gasteiger partial charge in [-0.3, -0.25) is 0 Å². The molecule has 0 saturated carbocycles. The van der Waals surface area contributed by atoms with E-state index >= 15 is 0 Å². The molecular weight excluding hydrogens is 268 g/mol. The summed E-state index contributed by atoms with van der Waals surface area (Å²) in [7, 11) is 0. The van der Waals surface area contributed by atoms with E-state index in [1.807, 2.05) is 13.8 Å². The van der Waals surface area contributed by atoms with Crippen LogP contribution in [0.4, 0.5) is 4.79 Å². The summed E-state index contributed by atoms with van der Waals surface area (Å²) in [6, 6.07) is -1.10. The Hall–Kier alpha value is -1.52. The largest absolute Gasteiger partial charge is 0.480 e. The summed E-state index contributed by atoms with van der Waals surface area (Å²) in [6.07, 6.45) is 3.37. The van der Waals surface area contributed by atoms with Crippen LogP contribution in [0.1, 0.15) is 47.5 Å². The molecule has 0 unspecified atom stereocenters. The van der Waals surface area contributed by atoms with Gasteiger partial charge in [-0.15, -0.1) is 0 Å². The van der Waals surface area contributed by atoms with Crippen molar-refractivity contribution >= 4 is 12.0 Å². The maximum Gasteiger partial charge on any atom is 0.326 e. The van der Waals surface area contributed by atoms with E-state index in [0.29, 0.717) is 19.5 Å². The number of rotatable bonds is 4. The summed E-state index contributed by atoms with van der Waals surface area (Å²) in [5.74, 6) is -0.750. The lowest BCUT2D eigenvalue weighted by Crippen LogP contribution is -2.49. The molecule has 2 amide bonds. The van der Waals surface area contributed by atoms with E-state index in [9.17, 15) is 14.7 Å². The molecule has 0 saturated heterocycles. The zero-order valence-corrected chi connectivity index (χ0v) is 13.8. The molecule has 1 aliphatic heterocycles. The SMILES string of the molecule is CC(C)C[C@@H](NC(=O)N1CC=C(C(C)(C)C)CC1)C(=O)O. The van der Waals surface area contributed by atoms with E-state index in [-0.39, 0.29) is 17.4 Å². The third-order valence-electron chi connectivity index (χ3n) is 3.76. The number of carboxylic acid groups (broad SMARTS) is 1. The Balaban J connectivity index is 2.61. The van der Waals surface area contributed by atoms with Crippen molar-refractivity contribution in [1.82, 2.24) is 10.2 Å². The summed E-state index contributed by atoms with van der Waals surface area (Å²) in [4.78, 5) is 25.0. The van der Waals surface area contributed by atoms with Crippen LogP contribution in [0.25, 0.3) is 0 Å². The number of hydrogen-bond acceptors (Lipinski definition) is 2. The number of urea groups is 1. The molecule has 0 aromatic carbocycles. The van der Waals surface area contributed by atoms with Gasteiger partial charge in [-0.25, -0.2) is 9.59 Å². The van der Waals surface area contributed by atoms with Gasteiger partial charge in [-0.2, -0.15) is 0 Å². The van der Waals surface area contributed by atoms with E-state index in [2.05, 4.69) is 32.2 Å². The summed E-state index contributed by atoms with van der Waals surface area (Å²) in [5, 5.41) is 11.8. The summed E-state index contributed by atoms with van der Waals surface area (Å²) in [5.41, 5.74) is 1.48. The first-order valence-corrected chi connectivity index (χ1v) is 7.59. The number of nitrogens with one attached hydrogen (secondary N) is 1. The molecule has 1 heterocycles. The van der Waals surface area contributed by atoms with Gasteiger partial charge in [0.05, 0.1) is 0 Å². The highest BCUT2D eigenvalue weighted by Crippen LogP contribution is 2.30. The predicted molar refractivity (Wildman–Crippen MR) is 83.1 cm³/mol. The van der Waals surface area contributed by atoms with Gasteiger partial charge in [0, 0.05) is 13.1 Å². The molecular formula is C16H28N2O3. The molecule has 5 nitrogen and oxygen atoms in total. The molecule has 0 fully saturated rings. The number of nitrogens with zero attached hydrogens (tertiary/aromatic N) is 1. The first-order chi connectivity index (χ1) is 9.61. The van der Waals surface area contributed by atoms with Crippen molar-refractivity contribution in [2.24, 2.45) is 11.3 Å². The zero-order valence-electron chi connectivity index (χ0n) is 13.8. The third-order valence-corrected chi connectivity index (χ3v) is 3.76. The lowest BCUT2D eigenvalue weighted by atomic mass is 9.83. The van der Waals surface area contributed by atoms with E-state index in [4.69, 9.17) is 0 Å². The maximum atomic E-state index is 12.2. The monoisotopic (exact) mass is 296 g/mol. The fraction of sp³-hybridized carbons (Fsp3) is 0.750. The first kappa shape index (κ1) is 17.5. The van der Waals surface area contributed by atoms with Crippen LogP contribution in [0.5, 0.6) is 0 Å². The van der Waals surface area contributed by atoms with E-state index in [1.165, 1.54) is 5.57 Å². The van der Waals surface area contributed by atoms with Crippen LogP contribution in [0, 0.1) is 11.3 Å². The second-order valence-corrected chi connectivity index (χ2v) is 7.15. The number of carbonyl (C=O) groups excluding carboxylic acids is 1. The van der Waals surface area contributed by atoms with Crippen LogP contribution in [0.3, 0.4) is 0 Å². The van der Waals surface area contributed by atoms with E-state index in [1.54, 1.807) is 4.90 Å². The molecule has 1 aliphatic rings. The Labute approximate surface area is 127 Å². The van der Waals surface area contributed by atoms with E-state index in [0.717, 1.165) is 6.42 Å². The normalized spacial score (nSPS) is 17.4. The van der Waals surface area contributed by atoms with Crippen LogP contribution in [0.2, 0.25) is 0 Å². The van der Waals surface area contributed by atoms with Crippen LogP contribution in [-0.2, 0) is 4.79 Å². The molecule has 2 N–H and O–H groups in total. The quantitative estimate of drug-likeness (QED) is 0.784. The molecule has 5 heteroatoms. The minimum atomic E-state index is -0.972. The van der Waals surface area contributed by atoms with Crippen molar-refractivity contribution in [2.75, 3.05) is 13.1 Å². The first-order valence-electron chi connectivity index (χ1n) is 7.59. The van der Waals surface area contributed by atoms with Crippen molar-refractivity contribution in [1.29, 1.82) is 0 Å². The minimum absolute atomic E-state index is 0.129. The van der Waals surface area contributed by atoms with Gasteiger partial charge in [-0.05, 0) is 24.2 Å². The number of carbonyl (C=O) groups is 2.